The van der Waals surface area contributed by atoms with Crippen molar-refractivity contribution in [1.29, 1.82) is 0 Å². The summed E-state index contributed by atoms with van der Waals surface area (Å²) in [6, 6.07) is 3.48. The van der Waals surface area contributed by atoms with E-state index < -0.39 is 0 Å². The highest BCUT2D eigenvalue weighted by Crippen LogP contribution is 2.17. The maximum Gasteiger partial charge on any atom is 0.153 e. The van der Waals surface area contributed by atoms with E-state index in [0.717, 1.165) is 10.9 Å². The lowest BCUT2D eigenvalue weighted by Gasteiger charge is -2.12. The highest BCUT2D eigenvalue weighted by Gasteiger charge is 2.04. The van der Waals surface area contributed by atoms with Gasteiger partial charge in [-0.25, -0.2) is 4.98 Å². The average Bonchev–Trinajstić information content (AvgIpc) is 2.04. The van der Waals surface area contributed by atoms with Gasteiger partial charge in [-0.3, -0.25) is 4.79 Å². The summed E-state index contributed by atoms with van der Waals surface area (Å²) in [6.45, 7) is 0. The Bertz CT molecular complexity index is 299. The van der Waals surface area contributed by atoms with Gasteiger partial charge in [0.1, 0.15) is 10.4 Å². The van der Waals surface area contributed by atoms with Crippen LogP contribution in [0.4, 0.5) is 5.82 Å². The largest absolute Gasteiger partial charge is 0.362 e. The molecule has 0 N–H and O–H groups in total. The fourth-order valence-corrected chi connectivity index (χ4v) is 1.19. The Kier molecular flexibility index (Phi) is 2.81. The Labute approximate surface area is 79.5 Å². The molecule has 0 amide bonds. The first-order chi connectivity index (χ1) is 5.65. The van der Waals surface area contributed by atoms with Crippen molar-refractivity contribution in [2.45, 2.75) is 0 Å². The molecular formula is C8H9BrN2O. The number of nitrogens with zero attached hydrogens (tertiary/aromatic N) is 2. The van der Waals surface area contributed by atoms with Crippen LogP contribution >= 0.6 is 15.9 Å². The van der Waals surface area contributed by atoms with Crippen molar-refractivity contribution in [3.63, 3.8) is 0 Å². The van der Waals surface area contributed by atoms with E-state index in [9.17, 15) is 4.79 Å². The van der Waals surface area contributed by atoms with Gasteiger partial charge in [-0.05, 0) is 28.1 Å². The van der Waals surface area contributed by atoms with Gasteiger partial charge in [0.2, 0.25) is 0 Å². The summed E-state index contributed by atoms with van der Waals surface area (Å²) in [5.41, 5.74) is 0.600. The third kappa shape index (κ3) is 1.82. The van der Waals surface area contributed by atoms with E-state index in [2.05, 4.69) is 20.9 Å². The van der Waals surface area contributed by atoms with Crippen LogP contribution < -0.4 is 4.90 Å². The molecule has 0 spiro atoms. The van der Waals surface area contributed by atoms with Crippen LogP contribution in [0.25, 0.3) is 0 Å². The smallest absolute Gasteiger partial charge is 0.153 e. The standard InChI is InChI=1S/C8H9BrN2O/c1-11(2)8-6(5-12)3-4-7(9)10-8/h3-5H,1-2H3. The van der Waals surface area contributed by atoms with Crippen LogP contribution in [0.2, 0.25) is 0 Å². The predicted octanol–water partition coefficient (Wildman–Crippen LogP) is 1.72. The van der Waals surface area contributed by atoms with Crippen LogP contribution in [0.5, 0.6) is 0 Å². The summed E-state index contributed by atoms with van der Waals surface area (Å²) >= 11 is 3.24. The van der Waals surface area contributed by atoms with Crippen molar-refractivity contribution >= 4 is 28.0 Å². The van der Waals surface area contributed by atoms with Crippen molar-refractivity contribution in [2.75, 3.05) is 19.0 Å². The number of halogens is 1. The molecule has 1 rings (SSSR count). The molecule has 3 nitrogen and oxygen atoms in total. The summed E-state index contributed by atoms with van der Waals surface area (Å²) in [5.74, 6) is 0.680. The molecule has 0 bridgehead atoms. The zero-order valence-electron chi connectivity index (χ0n) is 6.91. The van der Waals surface area contributed by atoms with Crippen LogP contribution in [0.1, 0.15) is 10.4 Å². The van der Waals surface area contributed by atoms with E-state index in [0.29, 0.717) is 11.4 Å². The number of hydrogen-bond acceptors (Lipinski definition) is 3. The number of pyridine rings is 1. The fourth-order valence-electron chi connectivity index (χ4n) is 0.886. The fraction of sp³-hybridized carbons (Fsp3) is 0.250. The second kappa shape index (κ2) is 3.67. The minimum absolute atomic E-state index is 0.600. The first kappa shape index (κ1) is 9.19. The quantitative estimate of drug-likeness (QED) is 0.571. The lowest BCUT2D eigenvalue weighted by atomic mass is 10.3. The van der Waals surface area contributed by atoms with Gasteiger partial charge >= 0.3 is 0 Å². The molecule has 0 aromatic carbocycles. The number of anilines is 1. The highest BCUT2D eigenvalue weighted by molar-refractivity contribution is 9.10. The number of carbonyl (C=O) groups excluding carboxylic acids is 1. The molecular weight excluding hydrogens is 220 g/mol. The molecule has 4 heteroatoms. The van der Waals surface area contributed by atoms with Crippen LogP contribution in [0, 0.1) is 0 Å². The topological polar surface area (TPSA) is 33.2 Å². The van der Waals surface area contributed by atoms with Gasteiger partial charge in [0.25, 0.3) is 0 Å². The first-order valence-corrected chi connectivity index (χ1v) is 4.23. The average molecular weight is 229 g/mol. The van der Waals surface area contributed by atoms with Crippen molar-refractivity contribution in [3.05, 3.63) is 22.3 Å². The molecule has 0 saturated carbocycles. The van der Waals surface area contributed by atoms with Crippen LogP contribution in [0.15, 0.2) is 16.7 Å². The molecule has 0 aliphatic carbocycles. The maximum atomic E-state index is 10.6. The normalized spacial score (nSPS) is 9.58. The molecule has 0 unspecified atom stereocenters. The first-order valence-electron chi connectivity index (χ1n) is 3.44. The van der Waals surface area contributed by atoms with Gasteiger partial charge in [-0.15, -0.1) is 0 Å². The second-order valence-electron chi connectivity index (χ2n) is 2.56. The third-order valence-electron chi connectivity index (χ3n) is 1.42. The molecule has 0 radical (unpaired) electrons. The molecule has 64 valence electrons. The summed E-state index contributed by atoms with van der Waals surface area (Å²) in [7, 11) is 3.70. The molecule has 0 aliphatic rings. The van der Waals surface area contributed by atoms with Crippen LogP contribution in [-0.2, 0) is 0 Å². The minimum atomic E-state index is 0.600. The summed E-state index contributed by atoms with van der Waals surface area (Å²) < 4.78 is 0.733. The van der Waals surface area contributed by atoms with E-state index in [-0.39, 0.29) is 0 Å². The van der Waals surface area contributed by atoms with Crippen molar-refractivity contribution < 1.29 is 4.79 Å². The molecule has 0 atom stereocenters. The van der Waals surface area contributed by atoms with Crippen LogP contribution in [-0.4, -0.2) is 25.4 Å². The van der Waals surface area contributed by atoms with E-state index in [1.807, 2.05) is 14.1 Å². The molecule has 12 heavy (non-hydrogen) atoms. The predicted molar refractivity (Wildman–Crippen MR) is 51.7 cm³/mol. The molecule has 0 saturated heterocycles. The van der Waals surface area contributed by atoms with E-state index >= 15 is 0 Å². The van der Waals surface area contributed by atoms with Gasteiger partial charge in [-0.2, -0.15) is 0 Å². The summed E-state index contributed by atoms with van der Waals surface area (Å²) in [4.78, 5) is 16.5. The van der Waals surface area contributed by atoms with E-state index in [1.165, 1.54) is 0 Å². The number of aromatic nitrogens is 1. The molecule has 0 fully saturated rings. The zero-order valence-corrected chi connectivity index (χ0v) is 8.50. The Morgan fingerprint density at radius 2 is 2.17 bits per heavy atom. The van der Waals surface area contributed by atoms with Gasteiger partial charge in [0.15, 0.2) is 6.29 Å². The molecule has 1 aromatic rings. The van der Waals surface area contributed by atoms with Gasteiger partial charge < -0.3 is 4.90 Å². The minimum Gasteiger partial charge on any atom is -0.362 e. The SMILES string of the molecule is CN(C)c1nc(Br)ccc1C=O. The highest BCUT2D eigenvalue weighted by atomic mass is 79.9. The van der Waals surface area contributed by atoms with E-state index in [1.54, 1.807) is 17.0 Å². The van der Waals surface area contributed by atoms with Gasteiger partial charge in [-0.1, -0.05) is 0 Å². The second-order valence-corrected chi connectivity index (χ2v) is 3.37. The van der Waals surface area contributed by atoms with Crippen molar-refractivity contribution in [1.82, 2.24) is 4.98 Å². The Morgan fingerprint density at radius 1 is 1.50 bits per heavy atom. The summed E-state index contributed by atoms with van der Waals surface area (Å²) in [5, 5.41) is 0. The number of hydrogen-bond donors (Lipinski definition) is 0. The monoisotopic (exact) mass is 228 g/mol. The Balaban J connectivity index is 3.21. The van der Waals surface area contributed by atoms with E-state index in [4.69, 9.17) is 0 Å². The van der Waals surface area contributed by atoms with Crippen LogP contribution in [0.3, 0.4) is 0 Å². The number of carbonyl (C=O) groups is 1. The van der Waals surface area contributed by atoms with Gasteiger partial charge in [0, 0.05) is 14.1 Å². The Hall–Kier alpha value is -0.900. The van der Waals surface area contributed by atoms with Gasteiger partial charge in [0.05, 0.1) is 5.56 Å². The molecule has 0 aliphatic heterocycles. The lowest BCUT2D eigenvalue weighted by Crippen LogP contribution is -2.13. The lowest BCUT2D eigenvalue weighted by molar-refractivity contribution is 0.112. The Morgan fingerprint density at radius 3 is 2.67 bits per heavy atom. The van der Waals surface area contributed by atoms with Crippen molar-refractivity contribution in [3.8, 4) is 0 Å². The third-order valence-corrected chi connectivity index (χ3v) is 1.86. The van der Waals surface area contributed by atoms with Crippen molar-refractivity contribution in [2.24, 2.45) is 0 Å². The molecule has 1 heterocycles. The number of aldehydes is 1. The maximum absolute atomic E-state index is 10.6. The summed E-state index contributed by atoms with van der Waals surface area (Å²) in [6.07, 6.45) is 0.800. The number of rotatable bonds is 2. The zero-order chi connectivity index (χ0) is 9.14. The molecule has 1 aromatic heterocycles.